The van der Waals surface area contributed by atoms with Gasteiger partial charge in [0.2, 0.25) is 0 Å². The normalized spacial score (nSPS) is 17.3. The van der Waals surface area contributed by atoms with E-state index in [0.29, 0.717) is 31.1 Å². The molecule has 26 heavy (non-hydrogen) atoms. The van der Waals surface area contributed by atoms with Crippen molar-refractivity contribution in [2.45, 2.75) is 13.0 Å². The Bertz CT molecular complexity index is 909. The molecule has 0 N–H and O–H groups in total. The van der Waals surface area contributed by atoms with Gasteiger partial charge in [0.05, 0.1) is 18.8 Å². The average Bonchev–Trinajstić information content (AvgIpc) is 3.14. The highest BCUT2D eigenvalue weighted by Gasteiger charge is 2.26. The van der Waals surface area contributed by atoms with E-state index in [1.54, 1.807) is 4.68 Å². The third kappa shape index (κ3) is 3.21. The van der Waals surface area contributed by atoms with Gasteiger partial charge in [-0.05, 0) is 41.1 Å². The summed E-state index contributed by atoms with van der Waals surface area (Å²) >= 11 is 0. The van der Waals surface area contributed by atoms with Crippen LogP contribution in [-0.4, -0.2) is 50.7 Å². The number of hydrogen-bond acceptors (Lipinski definition) is 5. The maximum Gasteiger partial charge on any atom is 0.254 e. The van der Waals surface area contributed by atoms with E-state index < -0.39 is 0 Å². The second kappa shape index (κ2) is 7.05. The minimum absolute atomic E-state index is 0.0122. The summed E-state index contributed by atoms with van der Waals surface area (Å²) in [6.07, 6.45) is -0.0983. The highest BCUT2D eigenvalue weighted by atomic mass is 16.5. The van der Waals surface area contributed by atoms with Crippen molar-refractivity contribution in [2.75, 3.05) is 19.7 Å². The Morgan fingerprint density at radius 1 is 1.15 bits per heavy atom. The van der Waals surface area contributed by atoms with Crippen molar-refractivity contribution in [3.05, 3.63) is 71.5 Å². The summed E-state index contributed by atoms with van der Waals surface area (Å²) < 4.78 is 7.47. The van der Waals surface area contributed by atoms with E-state index in [0.717, 1.165) is 11.3 Å². The van der Waals surface area contributed by atoms with Crippen molar-refractivity contribution in [3.8, 4) is 5.69 Å². The fraction of sp³-hybridized carbons (Fsp3) is 0.263. The van der Waals surface area contributed by atoms with Gasteiger partial charge in [0, 0.05) is 12.1 Å². The van der Waals surface area contributed by atoms with Crippen LogP contribution in [0.3, 0.4) is 0 Å². The zero-order valence-corrected chi connectivity index (χ0v) is 14.4. The molecule has 1 atom stereocenters. The maximum absolute atomic E-state index is 13.0. The summed E-state index contributed by atoms with van der Waals surface area (Å²) in [4.78, 5) is 14.8. The summed E-state index contributed by atoms with van der Waals surface area (Å²) in [5, 5.41) is 11.5. The Kier molecular flexibility index (Phi) is 4.45. The molecule has 1 aromatic heterocycles. The van der Waals surface area contributed by atoms with Gasteiger partial charge in [-0.25, -0.2) is 0 Å². The average molecular weight is 349 g/mol. The van der Waals surface area contributed by atoms with Gasteiger partial charge in [-0.15, -0.1) is 5.10 Å². The summed E-state index contributed by atoms with van der Waals surface area (Å²) in [5.74, 6) is 0.659. The molecule has 0 bridgehead atoms. The first-order chi connectivity index (χ1) is 12.7. The van der Waals surface area contributed by atoms with Gasteiger partial charge in [0.15, 0.2) is 5.82 Å². The van der Waals surface area contributed by atoms with Crippen molar-refractivity contribution < 1.29 is 9.53 Å². The first-order valence-electron chi connectivity index (χ1n) is 8.53. The monoisotopic (exact) mass is 349 g/mol. The van der Waals surface area contributed by atoms with E-state index in [1.165, 1.54) is 0 Å². The van der Waals surface area contributed by atoms with E-state index in [2.05, 4.69) is 15.5 Å². The van der Waals surface area contributed by atoms with Gasteiger partial charge in [0.25, 0.3) is 5.91 Å². The number of nitrogens with zero attached hydrogens (tertiary/aromatic N) is 5. The molecular formula is C19H19N5O2. The van der Waals surface area contributed by atoms with E-state index in [1.807, 2.05) is 66.4 Å². The highest BCUT2D eigenvalue weighted by Crippen LogP contribution is 2.23. The summed E-state index contributed by atoms with van der Waals surface area (Å²) in [6.45, 7) is 3.46. The number of benzene rings is 2. The van der Waals surface area contributed by atoms with E-state index in [-0.39, 0.29) is 12.0 Å². The van der Waals surface area contributed by atoms with E-state index in [9.17, 15) is 4.79 Å². The molecule has 7 heteroatoms. The number of ether oxygens (including phenoxy) is 1. The molecule has 0 saturated carbocycles. The lowest BCUT2D eigenvalue weighted by molar-refractivity contribution is -0.0228. The quantitative estimate of drug-likeness (QED) is 0.725. The molecule has 1 aliphatic heterocycles. The molecule has 1 aliphatic rings. The first kappa shape index (κ1) is 16.4. The number of rotatable bonds is 3. The lowest BCUT2D eigenvalue weighted by Gasteiger charge is -2.33. The van der Waals surface area contributed by atoms with Crippen LogP contribution in [0.25, 0.3) is 5.69 Å². The molecule has 1 amide bonds. The molecule has 4 rings (SSSR count). The predicted octanol–water partition coefficient (Wildman–Crippen LogP) is 2.18. The first-order valence-corrected chi connectivity index (χ1v) is 8.53. The van der Waals surface area contributed by atoms with Crippen molar-refractivity contribution in [1.82, 2.24) is 25.1 Å². The minimum atomic E-state index is -0.0983. The second-order valence-corrected chi connectivity index (χ2v) is 6.21. The number of amides is 1. The van der Waals surface area contributed by atoms with Crippen LogP contribution in [0.2, 0.25) is 0 Å². The summed E-state index contributed by atoms with van der Waals surface area (Å²) in [7, 11) is 0. The van der Waals surface area contributed by atoms with Gasteiger partial charge in [0.1, 0.15) is 6.10 Å². The zero-order chi connectivity index (χ0) is 17.9. The SMILES string of the molecule is Cc1nnnn1-c1cccc(C(=O)N2CCO[C@H](c3ccccc3)C2)c1. The Labute approximate surface area is 151 Å². The number of tetrazole rings is 1. The Balaban J connectivity index is 1.55. The Morgan fingerprint density at radius 2 is 2.00 bits per heavy atom. The number of hydrogen-bond donors (Lipinski definition) is 0. The molecule has 7 nitrogen and oxygen atoms in total. The molecule has 0 aliphatic carbocycles. The lowest BCUT2D eigenvalue weighted by Crippen LogP contribution is -2.42. The van der Waals surface area contributed by atoms with Crippen LogP contribution in [0.4, 0.5) is 0 Å². The largest absolute Gasteiger partial charge is 0.370 e. The summed E-state index contributed by atoms with van der Waals surface area (Å²) in [6, 6.07) is 17.4. The fourth-order valence-electron chi connectivity index (χ4n) is 3.13. The molecule has 2 heterocycles. The van der Waals surface area contributed by atoms with Gasteiger partial charge >= 0.3 is 0 Å². The van der Waals surface area contributed by atoms with Gasteiger partial charge < -0.3 is 9.64 Å². The molecular weight excluding hydrogens is 330 g/mol. The van der Waals surface area contributed by atoms with Crippen LogP contribution in [0.1, 0.15) is 27.8 Å². The Hall–Kier alpha value is -3.06. The van der Waals surface area contributed by atoms with Crippen LogP contribution >= 0.6 is 0 Å². The number of aromatic nitrogens is 4. The van der Waals surface area contributed by atoms with E-state index in [4.69, 9.17) is 4.74 Å². The van der Waals surface area contributed by atoms with Crippen molar-refractivity contribution >= 4 is 5.91 Å². The molecule has 3 aromatic rings. The third-order valence-corrected chi connectivity index (χ3v) is 4.49. The number of morpholine rings is 1. The zero-order valence-electron chi connectivity index (χ0n) is 14.4. The molecule has 132 valence electrons. The predicted molar refractivity (Wildman–Crippen MR) is 94.9 cm³/mol. The fourth-order valence-corrected chi connectivity index (χ4v) is 3.13. The smallest absolute Gasteiger partial charge is 0.254 e. The van der Waals surface area contributed by atoms with Crippen molar-refractivity contribution in [2.24, 2.45) is 0 Å². The van der Waals surface area contributed by atoms with Crippen molar-refractivity contribution in [1.29, 1.82) is 0 Å². The standard InChI is InChI=1S/C19H19N5O2/c1-14-20-21-22-24(14)17-9-5-8-16(12-17)19(25)23-10-11-26-18(13-23)15-6-3-2-4-7-15/h2-9,12,18H,10-11,13H2,1H3/t18-/m0/s1. The lowest BCUT2D eigenvalue weighted by atomic mass is 10.1. The second-order valence-electron chi connectivity index (χ2n) is 6.21. The molecule has 0 spiro atoms. The molecule has 0 unspecified atom stereocenters. The van der Waals surface area contributed by atoms with Gasteiger partial charge in [-0.1, -0.05) is 36.4 Å². The van der Waals surface area contributed by atoms with Gasteiger partial charge in [-0.2, -0.15) is 4.68 Å². The Morgan fingerprint density at radius 3 is 2.77 bits per heavy atom. The third-order valence-electron chi connectivity index (χ3n) is 4.49. The number of carbonyl (C=O) groups excluding carboxylic acids is 1. The molecule has 1 saturated heterocycles. The van der Waals surface area contributed by atoms with E-state index >= 15 is 0 Å². The van der Waals surface area contributed by atoms with Crippen LogP contribution in [0, 0.1) is 6.92 Å². The minimum Gasteiger partial charge on any atom is -0.370 e. The maximum atomic E-state index is 13.0. The van der Waals surface area contributed by atoms with Crippen LogP contribution in [0.15, 0.2) is 54.6 Å². The van der Waals surface area contributed by atoms with Crippen LogP contribution in [-0.2, 0) is 4.74 Å². The highest BCUT2D eigenvalue weighted by molar-refractivity contribution is 5.94. The number of aryl methyl sites for hydroxylation is 1. The number of carbonyl (C=O) groups is 1. The van der Waals surface area contributed by atoms with Crippen molar-refractivity contribution in [3.63, 3.8) is 0 Å². The molecule has 1 fully saturated rings. The van der Waals surface area contributed by atoms with Crippen LogP contribution < -0.4 is 0 Å². The molecule has 2 aromatic carbocycles. The van der Waals surface area contributed by atoms with Crippen LogP contribution in [0.5, 0.6) is 0 Å². The van der Waals surface area contributed by atoms with Gasteiger partial charge in [-0.3, -0.25) is 4.79 Å². The molecule has 0 radical (unpaired) electrons. The summed E-state index contributed by atoms with van der Waals surface area (Å²) in [5.41, 5.74) is 2.47. The topological polar surface area (TPSA) is 73.1 Å².